The lowest BCUT2D eigenvalue weighted by atomic mass is 10.1. The highest BCUT2D eigenvalue weighted by atomic mass is 35.5. The van der Waals surface area contributed by atoms with Gasteiger partial charge < -0.3 is 5.32 Å². The van der Waals surface area contributed by atoms with E-state index >= 15 is 0 Å². The van der Waals surface area contributed by atoms with Crippen LogP contribution in [0.2, 0.25) is 5.02 Å². The van der Waals surface area contributed by atoms with Gasteiger partial charge in [-0.2, -0.15) is 4.31 Å². The molecule has 1 amide bonds. The van der Waals surface area contributed by atoms with Crippen molar-refractivity contribution in [3.63, 3.8) is 0 Å². The second kappa shape index (κ2) is 8.83. The van der Waals surface area contributed by atoms with Gasteiger partial charge >= 0.3 is 0 Å². The molecule has 1 N–H and O–H groups in total. The molecule has 0 unspecified atom stereocenters. The molecule has 134 valence electrons. The SMILES string of the molecule is CS(=O)(=O)N(CCNC(=O)c1cccc(Cl)c1)C1CCCCCC1. The number of carbonyl (C=O) groups is 1. The summed E-state index contributed by atoms with van der Waals surface area (Å²) in [5.74, 6) is -0.244. The first kappa shape index (κ1) is 19.2. The average Bonchev–Trinajstić information content (AvgIpc) is 2.79. The lowest BCUT2D eigenvalue weighted by molar-refractivity contribution is 0.0950. The molecule has 0 radical (unpaired) electrons. The molecule has 1 aliphatic carbocycles. The normalized spacial score (nSPS) is 16.8. The van der Waals surface area contributed by atoms with Gasteiger partial charge in [-0.1, -0.05) is 43.4 Å². The summed E-state index contributed by atoms with van der Waals surface area (Å²) in [4.78, 5) is 12.1. The second-order valence-electron chi connectivity index (χ2n) is 6.29. The molecule has 0 aromatic heterocycles. The number of halogens is 1. The summed E-state index contributed by atoms with van der Waals surface area (Å²) < 4.78 is 25.8. The van der Waals surface area contributed by atoms with Gasteiger partial charge in [-0.25, -0.2) is 8.42 Å². The Bertz CT molecular complexity index is 656. The zero-order valence-electron chi connectivity index (χ0n) is 14.0. The van der Waals surface area contributed by atoms with Crippen LogP contribution in [0.5, 0.6) is 0 Å². The van der Waals surface area contributed by atoms with Crippen LogP contribution in [0.15, 0.2) is 24.3 Å². The maximum atomic E-state index is 12.1. The molecule has 7 heteroatoms. The Morgan fingerprint density at radius 1 is 1.25 bits per heavy atom. The Morgan fingerprint density at radius 2 is 1.92 bits per heavy atom. The number of nitrogens with one attached hydrogen (secondary N) is 1. The van der Waals surface area contributed by atoms with Gasteiger partial charge in [0.05, 0.1) is 6.26 Å². The minimum Gasteiger partial charge on any atom is -0.351 e. The predicted octanol–water partition coefficient (Wildman–Crippen LogP) is 3.05. The first-order valence-electron chi connectivity index (χ1n) is 8.38. The Labute approximate surface area is 149 Å². The monoisotopic (exact) mass is 372 g/mol. The summed E-state index contributed by atoms with van der Waals surface area (Å²) in [7, 11) is -3.29. The van der Waals surface area contributed by atoms with E-state index in [-0.39, 0.29) is 18.5 Å². The fourth-order valence-electron chi connectivity index (χ4n) is 3.18. The zero-order valence-corrected chi connectivity index (χ0v) is 15.6. The summed E-state index contributed by atoms with van der Waals surface area (Å²) in [6, 6.07) is 6.74. The van der Waals surface area contributed by atoms with Crippen LogP contribution in [0.25, 0.3) is 0 Å². The van der Waals surface area contributed by atoms with Crippen LogP contribution in [0, 0.1) is 0 Å². The van der Waals surface area contributed by atoms with Crippen molar-refractivity contribution in [3.8, 4) is 0 Å². The van der Waals surface area contributed by atoms with Crippen molar-refractivity contribution in [3.05, 3.63) is 34.9 Å². The van der Waals surface area contributed by atoms with Crippen molar-refractivity contribution >= 4 is 27.5 Å². The smallest absolute Gasteiger partial charge is 0.251 e. The number of sulfonamides is 1. The number of benzene rings is 1. The van der Waals surface area contributed by atoms with Crippen LogP contribution < -0.4 is 5.32 Å². The number of hydrogen-bond donors (Lipinski definition) is 1. The zero-order chi connectivity index (χ0) is 17.6. The minimum atomic E-state index is -3.29. The van der Waals surface area contributed by atoms with Crippen LogP contribution in [0.4, 0.5) is 0 Å². The van der Waals surface area contributed by atoms with Crippen molar-refractivity contribution in [2.45, 2.75) is 44.6 Å². The predicted molar refractivity (Wildman–Crippen MR) is 96.8 cm³/mol. The molecule has 1 aromatic rings. The van der Waals surface area contributed by atoms with E-state index in [1.165, 1.54) is 19.1 Å². The summed E-state index contributed by atoms with van der Waals surface area (Å²) in [6.07, 6.45) is 7.50. The maximum Gasteiger partial charge on any atom is 0.251 e. The van der Waals surface area contributed by atoms with E-state index in [1.807, 2.05) is 0 Å². The lowest BCUT2D eigenvalue weighted by Crippen LogP contribution is -2.44. The Balaban J connectivity index is 1.94. The Hall–Kier alpha value is -1.11. The summed E-state index contributed by atoms with van der Waals surface area (Å²) in [5, 5.41) is 3.28. The van der Waals surface area contributed by atoms with Crippen LogP contribution >= 0.6 is 11.6 Å². The third kappa shape index (κ3) is 5.76. The molecule has 1 fully saturated rings. The van der Waals surface area contributed by atoms with Crippen molar-refractivity contribution in [2.75, 3.05) is 19.3 Å². The van der Waals surface area contributed by atoms with E-state index in [9.17, 15) is 13.2 Å². The van der Waals surface area contributed by atoms with Gasteiger partial charge in [-0.05, 0) is 31.0 Å². The fraction of sp³-hybridized carbons (Fsp3) is 0.588. The molecule has 0 bridgehead atoms. The van der Waals surface area contributed by atoms with Crippen molar-refractivity contribution in [1.82, 2.24) is 9.62 Å². The lowest BCUT2D eigenvalue weighted by Gasteiger charge is -2.29. The van der Waals surface area contributed by atoms with E-state index in [1.54, 1.807) is 28.6 Å². The van der Waals surface area contributed by atoms with Crippen molar-refractivity contribution in [2.24, 2.45) is 0 Å². The quantitative estimate of drug-likeness (QED) is 0.780. The van der Waals surface area contributed by atoms with E-state index < -0.39 is 10.0 Å². The third-order valence-corrected chi connectivity index (χ3v) is 5.93. The molecule has 0 saturated heterocycles. The minimum absolute atomic E-state index is 0.0468. The third-order valence-electron chi connectivity index (χ3n) is 4.36. The van der Waals surface area contributed by atoms with Crippen LogP contribution in [0.3, 0.4) is 0 Å². The number of hydrogen-bond acceptors (Lipinski definition) is 3. The molecular weight excluding hydrogens is 348 g/mol. The number of amides is 1. The molecule has 1 saturated carbocycles. The molecule has 24 heavy (non-hydrogen) atoms. The summed E-state index contributed by atoms with van der Waals surface area (Å²) in [5.41, 5.74) is 0.475. The highest BCUT2D eigenvalue weighted by Gasteiger charge is 2.27. The first-order valence-corrected chi connectivity index (χ1v) is 10.6. The molecule has 1 aromatic carbocycles. The first-order chi connectivity index (χ1) is 11.4. The summed E-state index contributed by atoms with van der Waals surface area (Å²) in [6.45, 7) is 0.588. The van der Waals surface area contributed by atoms with Gasteiger partial charge in [-0.3, -0.25) is 4.79 Å². The van der Waals surface area contributed by atoms with Crippen LogP contribution in [-0.2, 0) is 10.0 Å². The van der Waals surface area contributed by atoms with Crippen LogP contribution in [-0.4, -0.2) is 44.0 Å². The van der Waals surface area contributed by atoms with E-state index in [2.05, 4.69) is 5.32 Å². The van der Waals surface area contributed by atoms with E-state index in [0.29, 0.717) is 17.1 Å². The molecule has 0 heterocycles. The van der Waals surface area contributed by atoms with Crippen LogP contribution in [0.1, 0.15) is 48.9 Å². The van der Waals surface area contributed by atoms with Crippen molar-refractivity contribution in [1.29, 1.82) is 0 Å². The van der Waals surface area contributed by atoms with Gasteiger partial charge in [0.1, 0.15) is 0 Å². The van der Waals surface area contributed by atoms with Gasteiger partial charge in [-0.15, -0.1) is 0 Å². The largest absolute Gasteiger partial charge is 0.351 e. The average molecular weight is 373 g/mol. The topological polar surface area (TPSA) is 66.5 Å². The molecule has 0 atom stereocenters. The second-order valence-corrected chi connectivity index (χ2v) is 8.66. The molecule has 2 rings (SSSR count). The van der Waals surface area contributed by atoms with E-state index in [4.69, 9.17) is 11.6 Å². The molecule has 0 aliphatic heterocycles. The van der Waals surface area contributed by atoms with Crippen molar-refractivity contribution < 1.29 is 13.2 Å². The molecule has 0 spiro atoms. The number of carbonyl (C=O) groups excluding carboxylic acids is 1. The van der Waals surface area contributed by atoms with Gasteiger partial charge in [0.15, 0.2) is 0 Å². The molecular formula is C17H25ClN2O3S. The highest BCUT2D eigenvalue weighted by Crippen LogP contribution is 2.23. The standard InChI is InChI=1S/C17H25ClN2O3S/c1-24(22,23)20(16-9-4-2-3-5-10-16)12-11-19-17(21)14-7-6-8-15(18)13-14/h6-8,13,16H,2-5,9-12H2,1H3,(H,19,21). The van der Waals surface area contributed by atoms with Gasteiger partial charge in [0, 0.05) is 29.7 Å². The molecule has 1 aliphatic rings. The fourth-order valence-corrected chi connectivity index (χ4v) is 4.54. The number of nitrogens with zero attached hydrogens (tertiary/aromatic N) is 1. The summed E-state index contributed by atoms with van der Waals surface area (Å²) >= 11 is 5.88. The van der Waals surface area contributed by atoms with E-state index in [0.717, 1.165) is 25.7 Å². The van der Waals surface area contributed by atoms with Gasteiger partial charge in [0.2, 0.25) is 10.0 Å². The molecule has 5 nitrogen and oxygen atoms in total. The number of rotatable bonds is 6. The Morgan fingerprint density at radius 3 is 2.50 bits per heavy atom. The van der Waals surface area contributed by atoms with Gasteiger partial charge in [0.25, 0.3) is 5.91 Å². The maximum absolute atomic E-state index is 12.1. The Kier molecular flexibility index (Phi) is 7.07. The highest BCUT2D eigenvalue weighted by molar-refractivity contribution is 7.88.